The summed E-state index contributed by atoms with van der Waals surface area (Å²) >= 11 is 0. The second kappa shape index (κ2) is 9.11. The van der Waals surface area contributed by atoms with Crippen LogP contribution in [0.1, 0.15) is 71.0 Å². The zero-order chi connectivity index (χ0) is 23.9. The monoisotopic (exact) mass is 472 g/mol. The highest BCUT2D eigenvalue weighted by molar-refractivity contribution is 6.16. The quantitative estimate of drug-likeness (QED) is 0.722. The number of hydrogen-bond donors (Lipinski definition) is 1. The van der Waals surface area contributed by atoms with Gasteiger partial charge in [0.05, 0.1) is 11.3 Å². The Labute approximate surface area is 206 Å². The molecule has 3 amide bonds. The summed E-state index contributed by atoms with van der Waals surface area (Å²) in [4.78, 5) is 45.7. The predicted molar refractivity (Wildman–Crippen MR) is 133 cm³/mol. The van der Waals surface area contributed by atoms with E-state index in [0.717, 1.165) is 5.56 Å². The van der Waals surface area contributed by atoms with Crippen LogP contribution in [0.4, 0.5) is 5.69 Å². The van der Waals surface area contributed by atoms with Crippen molar-refractivity contribution < 1.29 is 14.4 Å². The minimum atomic E-state index is -0.511. The fourth-order valence-corrected chi connectivity index (χ4v) is 6.57. The molecule has 0 aromatic heterocycles. The van der Waals surface area contributed by atoms with Gasteiger partial charge in [-0.2, -0.15) is 0 Å². The number of nitrogens with one attached hydrogen (secondary N) is 1. The Morgan fingerprint density at radius 3 is 2.54 bits per heavy atom. The number of fused-ring (bicyclic) bond motifs is 6. The molecule has 0 aliphatic carbocycles. The lowest BCUT2D eigenvalue weighted by molar-refractivity contribution is -0.121. The second-order valence-electron chi connectivity index (χ2n) is 10.2. The molecule has 0 radical (unpaired) electrons. The molecule has 35 heavy (non-hydrogen) atoms. The van der Waals surface area contributed by atoms with Crippen LogP contribution in [0.3, 0.4) is 0 Å². The third kappa shape index (κ3) is 3.82. The summed E-state index contributed by atoms with van der Waals surface area (Å²) in [5, 5.41) is 3.16. The molecule has 2 saturated heterocycles. The Morgan fingerprint density at radius 1 is 0.886 bits per heavy atom. The van der Waals surface area contributed by atoms with Crippen LogP contribution >= 0.6 is 0 Å². The van der Waals surface area contributed by atoms with Gasteiger partial charge >= 0.3 is 0 Å². The third-order valence-electron chi connectivity index (χ3n) is 8.25. The number of hydrogen-bond acceptors (Lipinski definition) is 4. The molecule has 2 aromatic rings. The highest BCUT2D eigenvalue weighted by Gasteiger charge is 2.47. The number of amides is 3. The van der Waals surface area contributed by atoms with Gasteiger partial charge < -0.3 is 15.1 Å². The van der Waals surface area contributed by atoms with Crippen LogP contribution in [-0.4, -0.2) is 59.7 Å². The van der Waals surface area contributed by atoms with E-state index in [-0.39, 0.29) is 30.7 Å². The number of piperidine rings is 2. The molecule has 2 aromatic carbocycles. The van der Waals surface area contributed by atoms with Gasteiger partial charge in [0, 0.05) is 36.7 Å². The van der Waals surface area contributed by atoms with Crippen LogP contribution in [0.2, 0.25) is 0 Å². The van der Waals surface area contributed by atoms with Gasteiger partial charge in [0.2, 0.25) is 5.91 Å². The molecule has 0 spiro atoms. The molecule has 182 valence electrons. The first-order chi connectivity index (χ1) is 17.1. The summed E-state index contributed by atoms with van der Waals surface area (Å²) in [6.45, 7) is 3.34. The number of carbonyl (C=O) groups excluding carboxylic acids is 3. The number of nitrogens with zero attached hydrogens (tertiary/aromatic N) is 3. The SMILES string of the molecule is O=C(CCN1C(=O)c2ccccc2N2C(=O)c3ccccc3C12)NCC1CCCN2CCCCC12. The average molecular weight is 473 g/mol. The Hall–Kier alpha value is -3.19. The van der Waals surface area contributed by atoms with Crippen LogP contribution in [0, 0.1) is 5.92 Å². The van der Waals surface area contributed by atoms with Gasteiger partial charge in [0.25, 0.3) is 11.8 Å². The summed E-state index contributed by atoms with van der Waals surface area (Å²) in [5.74, 6) is 0.235. The number of para-hydroxylation sites is 1. The average Bonchev–Trinajstić information content (AvgIpc) is 3.20. The van der Waals surface area contributed by atoms with Crippen molar-refractivity contribution in [2.45, 2.75) is 50.7 Å². The van der Waals surface area contributed by atoms with E-state index in [9.17, 15) is 14.4 Å². The van der Waals surface area contributed by atoms with Crippen molar-refractivity contribution in [2.75, 3.05) is 31.1 Å². The number of benzene rings is 2. The maximum atomic E-state index is 13.5. The van der Waals surface area contributed by atoms with Crippen molar-refractivity contribution in [3.63, 3.8) is 0 Å². The molecule has 1 N–H and O–H groups in total. The highest BCUT2D eigenvalue weighted by Crippen LogP contribution is 2.45. The van der Waals surface area contributed by atoms with Gasteiger partial charge in [-0.05, 0) is 62.9 Å². The molecular formula is C28H32N4O3. The molecule has 0 bridgehead atoms. The van der Waals surface area contributed by atoms with Crippen LogP contribution in [0.5, 0.6) is 0 Å². The number of rotatable bonds is 5. The smallest absolute Gasteiger partial charge is 0.260 e. The standard InChI is InChI=1S/C28H32N4O3/c33-25(29-18-19-8-7-16-30-15-6-5-12-23(19)30)14-17-31-26-20-9-1-2-10-21(20)28(35)32(26)24-13-4-3-11-22(24)27(31)34/h1-4,9-11,13,19,23,26H,5-8,12,14-18H2,(H,29,33). The molecular weight excluding hydrogens is 440 g/mol. The molecule has 4 aliphatic rings. The Balaban J connectivity index is 1.17. The van der Waals surface area contributed by atoms with E-state index in [1.54, 1.807) is 15.9 Å². The van der Waals surface area contributed by atoms with Gasteiger partial charge in [-0.25, -0.2) is 0 Å². The van der Waals surface area contributed by atoms with Gasteiger partial charge in [0.1, 0.15) is 6.17 Å². The van der Waals surface area contributed by atoms with E-state index in [2.05, 4.69) is 10.2 Å². The van der Waals surface area contributed by atoms with Crippen LogP contribution < -0.4 is 10.2 Å². The molecule has 3 atom stereocenters. The van der Waals surface area contributed by atoms with E-state index in [0.29, 0.717) is 35.3 Å². The first-order valence-corrected chi connectivity index (χ1v) is 13.0. The highest BCUT2D eigenvalue weighted by atomic mass is 16.2. The molecule has 0 saturated carbocycles. The van der Waals surface area contributed by atoms with Crippen LogP contribution in [0.15, 0.2) is 48.5 Å². The van der Waals surface area contributed by atoms with E-state index in [1.807, 2.05) is 42.5 Å². The topological polar surface area (TPSA) is 73.0 Å². The lowest BCUT2D eigenvalue weighted by Crippen LogP contribution is -2.51. The maximum absolute atomic E-state index is 13.5. The van der Waals surface area contributed by atoms with E-state index in [4.69, 9.17) is 0 Å². The molecule has 4 heterocycles. The van der Waals surface area contributed by atoms with E-state index in [1.165, 1.54) is 45.2 Å². The predicted octanol–water partition coefficient (Wildman–Crippen LogP) is 3.57. The van der Waals surface area contributed by atoms with Crippen LogP contribution in [-0.2, 0) is 4.79 Å². The van der Waals surface area contributed by atoms with Crippen molar-refractivity contribution in [1.82, 2.24) is 15.1 Å². The van der Waals surface area contributed by atoms with E-state index < -0.39 is 6.17 Å². The van der Waals surface area contributed by atoms with Gasteiger partial charge in [-0.3, -0.25) is 19.3 Å². The van der Waals surface area contributed by atoms with Gasteiger partial charge in [0.15, 0.2) is 0 Å². The van der Waals surface area contributed by atoms with Crippen molar-refractivity contribution in [3.8, 4) is 0 Å². The largest absolute Gasteiger partial charge is 0.356 e. The molecule has 3 unspecified atom stereocenters. The minimum absolute atomic E-state index is 0.0336. The summed E-state index contributed by atoms with van der Waals surface area (Å²) in [6, 6.07) is 15.3. The first-order valence-electron chi connectivity index (χ1n) is 13.0. The first kappa shape index (κ1) is 22.3. The van der Waals surface area contributed by atoms with Crippen molar-refractivity contribution in [3.05, 3.63) is 65.2 Å². The minimum Gasteiger partial charge on any atom is -0.356 e. The summed E-state index contributed by atoms with van der Waals surface area (Å²) < 4.78 is 0. The number of carbonyl (C=O) groups is 3. The molecule has 4 aliphatic heterocycles. The molecule has 7 heteroatoms. The lowest BCUT2D eigenvalue weighted by atomic mass is 9.83. The van der Waals surface area contributed by atoms with Crippen molar-refractivity contribution in [2.24, 2.45) is 5.92 Å². The van der Waals surface area contributed by atoms with E-state index >= 15 is 0 Å². The molecule has 2 fully saturated rings. The summed E-state index contributed by atoms with van der Waals surface area (Å²) in [7, 11) is 0. The van der Waals surface area contributed by atoms with Crippen molar-refractivity contribution in [1.29, 1.82) is 0 Å². The fourth-order valence-electron chi connectivity index (χ4n) is 6.57. The normalized spacial score (nSPS) is 25.5. The lowest BCUT2D eigenvalue weighted by Gasteiger charge is -2.44. The third-order valence-corrected chi connectivity index (χ3v) is 8.25. The summed E-state index contributed by atoms with van der Waals surface area (Å²) in [5.41, 5.74) is 2.58. The molecule has 6 rings (SSSR count). The van der Waals surface area contributed by atoms with Gasteiger partial charge in [-0.1, -0.05) is 36.8 Å². The summed E-state index contributed by atoms with van der Waals surface area (Å²) in [6.07, 6.45) is 5.86. The van der Waals surface area contributed by atoms with Gasteiger partial charge in [-0.15, -0.1) is 0 Å². The number of anilines is 1. The maximum Gasteiger partial charge on any atom is 0.260 e. The Kier molecular flexibility index (Phi) is 5.80. The zero-order valence-electron chi connectivity index (χ0n) is 20.0. The second-order valence-corrected chi connectivity index (χ2v) is 10.2. The van der Waals surface area contributed by atoms with Crippen LogP contribution in [0.25, 0.3) is 0 Å². The molecule has 7 nitrogen and oxygen atoms in total. The zero-order valence-corrected chi connectivity index (χ0v) is 20.0. The fraction of sp³-hybridized carbons (Fsp3) is 0.464. The Morgan fingerprint density at radius 2 is 1.66 bits per heavy atom. The van der Waals surface area contributed by atoms with Crippen molar-refractivity contribution >= 4 is 23.4 Å². The Bertz CT molecular complexity index is 1160.